The molecule has 0 saturated carbocycles. The molecule has 0 spiro atoms. The van der Waals surface area contributed by atoms with Gasteiger partial charge in [-0.3, -0.25) is 9.69 Å². The Balaban J connectivity index is 0.000000459. The lowest BCUT2D eigenvalue weighted by molar-refractivity contribution is -0.130. The summed E-state index contributed by atoms with van der Waals surface area (Å²) in [7, 11) is 0. The molecule has 1 fully saturated rings. The number of alkyl halides is 3. The summed E-state index contributed by atoms with van der Waals surface area (Å²) in [6.07, 6.45) is -3.73. The minimum absolute atomic E-state index is 0.364. The Kier molecular flexibility index (Phi) is 7.41. The van der Waals surface area contributed by atoms with Gasteiger partial charge < -0.3 is 4.90 Å². The van der Waals surface area contributed by atoms with Crippen molar-refractivity contribution in [2.24, 2.45) is 5.41 Å². The minimum Gasteiger partial charge on any atom is -0.343 e. The normalized spacial score (nSPS) is 17.7. The Morgan fingerprint density at radius 2 is 1.47 bits per heavy atom. The zero-order chi connectivity index (χ0) is 15.1. The first-order valence-corrected chi connectivity index (χ1v) is 6.56. The number of carbonyl (C=O) groups excluding carboxylic acids is 1. The van der Waals surface area contributed by atoms with Gasteiger partial charge in [-0.25, -0.2) is 0 Å². The van der Waals surface area contributed by atoms with Crippen LogP contribution in [0.2, 0.25) is 0 Å². The largest absolute Gasteiger partial charge is 0.388 e. The summed E-state index contributed by atoms with van der Waals surface area (Å²) < 4.78 is 32.4. The van der Waals surface area contributed by atoms with E-state index in [9.17, 15) is 18.0 Å². The molecule has 114 valence electrons. The van der Waals surface area contributed by atoms with Crippen LogP contribution in [0.5, 0.6) is 0 Å². The maximum absolute atomic E-state index is 10.8. The van der Waals surface area contributed by atoms with Crippen LogP contribution in [-0.4, -0.2) is 55.1 Å². The Hall–Kier alpha value is -0.780. The molecule has 0 aromatic heterocycles. The number of amides is 1. The Bertz CT molecular complexity index is 254. The lowest BCUT2D eigenvalue weighted by atomic mass is 9.96. The van der Waals surface area contributed by atoms with E-state index < -0.39 is 12.6 Å². The monoisotopic (exact) mass is 282 g/mol. The average Bonchev–Trinajstić information content (AvgIpc) is 2.28. The van der Waals surface area contributed by atoms with Gasteiger partial charge in [0.2, 0.25) is 6.41 Å². The molecule has 6 heteroatoms. The van der Waals surface area contributed by atoms with Crippen LogP contribution in [0.4, 0.5) is 13.2 Å². The molecule has 0 aliphatic carbocycles. The highest BCUT2D eigenvalue weighted by Gasteiger charge is 2.22. The van der Waals surface area contributed by atoms with Crippen LogP contribution in [0, 0.1) is 5.41 Å². The number of hydrogen-bond donors (Lipinski definition) is 0. The third-order valence-corrected chi connectivity index (χ3v) is 2.65. The maximum Gasteiger partial charge on any atom is 0.388 e. The first-order valence-electron chi connectivity index (χ1n) is 6.56. The second-order valence-electron chi connectivity index (χ2n) is 5.95. The molecule has 19 heavy (non-hydrogen) atoms. The SMILES string of the molecule is CC(C)(C)CN1CCN(C=O)CC1.CCC(F)(F)F. The molecule has 0 aromatic carbocycles. The molecule has 0 atom stereocenters. The molecular formula is C13H25F3N2O. The van der Waals surface area contributed by atoms with E-state index in [0.717, 1.165) is 46.1 Å². The van der Waals surface area contributed by atoms with Crippen molar-refractivity contribution >= 4 is 6.41 Å². The number of rotatable bonds is 2. The maximum atomic E-state index is 10.8. The molecule has 1 aliphatic heterocycles. The van der Waals surface area contributed by atoms with E-state index in [1.54, 1.807) is 0 Å². The van der Waals surface area contributed by atoms with Crippen molar-refractivity contribution in [1.29, 1.82) is 0 Å². The van der Waals surface area contributed by atoms with Gasteiger partial charge in [0, 0.05) is 39.1 Å². The van der Waals surface area contributed by atoms with E-state index in [0.29, 0.717) is 5.41 Å². The molecule has 0 aromatic rings. The molecule has 1 amide bonds. The van der Waals surface area contributed by atoms with Crippen molar-refractivity contribution in [1.82, 2.24) is 9.80 Å². The van der Waals surface area contributed by atoms with Crippen molar-refractivity contribution in [3.8, 4) is 0 Å². The molecule has 1 heterocycles. The Labute approximate surface area is 113 Å². The Morgan fingerprint density at radius 3 is 1.74 bits per heavy atom. The van der Waals surface area contributed by atoms with E-state index in [2.05, 4.69) is 25.7 Å². The molecule has 0 radical (unpaired) electrons. The van der Waals surface area contributed by atoms with Gasteiger partial charge in [-0.15, -0.1) is 0 Å². The average molecular weight is 282 g/mol. The van der Waals surface area contributed by atoms with Gasteiger partial charge >= 0.3 is 6.18 Å². The molecule has 3 nitrogen and oxygen atoms in total. The summed E-state index contributed by atoms with van der Waals surface area (Å²) in [5.74, 6) is 0. The highest BCUT2D eigenvalue weighted by molar-refractivity contribution is 5.47. The van der Waals surface area contributed by atoms with Crippen LogP contribution in [0.15, 0.2) is 0 Å². The van der Waals surface area contributed by atoms with E-state index in [-0.39, 0.29) is 0 Å². The molecule has 1 rings (SSSR count). The Morgan fingerprint density at radius 1 is 1.05 bits per heavy atom. The van der Waals surface area contributed by atoms with Crippen molar-refractivity contribution < 1.29 is 18.0 Å². The fraction of sp³-hybridized carbons (Fsp3) is 0.923. The fourth-order valence-electron chi connectivity index (χ4n) is 1.70. The number of piperazine rings is 1. The molecule has 0 bridgehead atoms. The predicted octanol–water partition coefficient (Wildman–Crippen LogP) is 2.77. The quantitative estimate of drug-likeness (QED) is 0.727. The van der Waals surface area contributed by atoms with Crippen LogP contribution >= 0.6 is 0 Å². The van der Waals surface area contributed by atoms with E-state index in [1.165, 1.54) is 0 Å². The topological polar surface area (TPSA) is 23.6 Å². The standard InChI is InChI=1S/C10H20N2O.C3H5F3/c1-10(2,3)8-11-4-6-12(9-13)7-5-11;1-2-3(4,5)6/h9H,4-8H2,1-3H3;2H2,1H3. The number of carbonyl (C=O) groups is 1. The van der Waals surface area contributed by atoms with Crippen molar-refractivity contribution in [3.05, 3.63) is 0 Å². The molecular weight excluding hydrogens is 257 g/mol. The van der Waals surface area contributed by atoms with Crippen molar-refractivity contribution in [2.75, 3.05) is 32.7 Å². The third-order valence-electron chi connectivity index (χ3n) is 2.65. The zero-order valence-electron chi connectivity index (χ0n) is 12.3. The first-order chi connectivity index (χ1) is 8.57. The predicted molar refractivity (Wildman–Crippen MR) is 69.9 cm³/mol. The van der Waals surface area contributed by atoms with Gasteiger partial charge in [0.05, 0.1) is 0 Å². The molecule has 0 N–H and O–H groups in total. The van der Waals surface area contributed by atoms with E-state index >= 15 is 0 Å². The second-order valence-corrected chi connectivity index (χ2v) is 5.95. The minimum atomic E-state index is -3.96. The van der Waals surface area contributed by atoms with E-state index in [1.807, 2.05) is 4.90 Å². The third kappa shape index (κ3) is 10.8. The molecule has 0 unspecified atom stereocenters. The van der Waals surface area contributed by atoms with Gasteiger partial charge in [0.25, 0.3) is 0 Å². The van der Waals surface area contributed by atoms with Crippen LogP contribution in [0.1, 0.15) is 34.1 Å². The van der Waals surface area contributed by atoms with Crippen LogP contribution in [0.3, 0.4) is 0 Å². The zero-order valence-corrected chi connectivity index (χ0v) is 12.3. The van der Waals surface area contributed by atoms with Crippen molar-refractivity contribution in [3.63, 3.8) is 0 Å². The van der Waals surface area contributed by atoms with Crippen LogP contribution in [-0.2, 0) is 4.79 Å². The van der Waals surface area contributed by atoms with Gasteiger partial charge in [-0.05, 0) is 5.41 Å². The van der Waals surface area contributed by atoms with Gasteiger partial charge in [-0.2, -0.15) is 13.2 Å². The number of halogens is 3. The highest BCUT2D eigenvalue weighted by Crippen LogP contribution is 2.17. The molecule has 1 saturated heterocycles. The molecule has 1 aliphatic rings. The van der Waals surface area contributed by atoms with Gasteiger partial charge in [0.15, 0.2) is 0 Å². The lowest BCUT2D eigenvalue weighted by Gasteiger charge is -2.36. The summed E-state index contributed by atoms with van der Waals surface area (Å²) in [5.41, 5.74) is 0.364. The van der Waals surface area contributed by atoms with E-state index in [4.69, 9.17) is 0 Å². The van der Waals surface area contributed by atoms with Gasteiger partial charge in [0.1, 0.15) is 0 Å². The van der Waals surface area contributed by atoms with Crippen LogP contribution in [0.25, 0.3) is 0 Å². The second kappa shape index (κ2) is 7.72. The number of hydrogen-bond acceptors (Lipinski definition) is 2. The summed E-state index contributed by atoms with van der Waals surface area (Å²) in [4.78, 5) is 14.7. The summed E-state index contributed by atoms with van der Waals surface area (Å²) in [6.45, 7) is 12.8. The summed E-state index contributed by atoms with van der Waals surface area (Å²) >= 11 is 0. The van der Waals surface area contributed by atoms with Gasteiger partial charge in [-0.1, -0.05) is 27.7 Å². The highest BCUT2D eigenvalue weighted by atomic mass is 19.4. The number of nitrogens with zero attached hydrogens (tertiary/aromatic N) is 2. The summed E-state index contributed by atoms with van der Waals surface area (Å²) in [6, 6.07) is 0. The van der Waals surface area contributed by atoms with Crippen molar-refractivity contribution in [2.45, 2.75) is 40.3 Å². The smallest absolute Gasteiger partial charge is 0.343 e. The van der Waals surface area contributed by atoms with Crippen LogP contribution < -0.4 is 0 Å². The lowest BCUT2D eigenvalue weighted by Crippen LogP contribution is -2.48. The fourth-order valence-corrected chi connectivity index (χ4v) is 1.70. The first kappa shape index (κ1) is 18.2. The summed E-state index contributed by atoms with van der Waals surface area (Å²) in [5, 5.41) is 0.